The van der Waals surface area contributed by atoms with Gasteiger partial charge in [-0.05, 0) is 31.7 Å². The first-order chi connectivity index (χ1) is 9.33. The van der Waals surface area contributed by atoms with E-state index >= 15 is 0 Å². The standard InChI is InChI=1S/C14H17N5/c15-10-3-1-9(2-4-10)12-7-17-13-8-18-14-11(19(12)13)5-6-16-14/h5-10,16H,1-4,15H2/t9-,10-. The summed E-state index contributed by atoms with van der Waals surface area (Å²) in [7, 11) is 0. The molecule has 3 aromatic heterocycles. The fraction of sp³-hybridized carbons (Fsp3) is 0.429. The third kappa shape index (κ3) is 1.65. The van der Waals surface area contributed by atoms with E-state index in [9.17, 15) is 0 Å². The van der Waals surface area contributed by atoms with E-state index < -0.39 is 0 Å². The van der Waals surface area contributed by atoms with Gasteiger partial charge in [0.05, 0.1) is 11.7 Å². The molecule has 19 heavy (non-hydrogen) atoms. The van der Waals surface area contributed by atoms with Gasteiger partial charge in [0.15, 0.2) is 11.3 Å². The molecular weight excluding hydrogens is 238 g/mol. The summed E-state index contributed by atoms with van der Waals surface area (Å²) < 4.78 is 2.24. The molecular formula is C14H17N5. The maximum atomic E-state index is 6.00. The topological polar surface area (TPSA) is 72.0 Å². The molecule has 3 N–H and O–H groups in total. The van der Waals surface area contributed by atoms with E-state index in [-0.39, 0.29) is 0 Å². The number of aromatic amines is 1. The summed E-state index contributed by atoms with van der Waals surface area (Å²) in [6.07, 6.45) is 10.3. The van der Waals surface area contributed by atoms with Gasteiger partial charge in [0.1, 0.15) is 0 Å². The zero-order valence-electron chi connectivity index (χ0n) is 10.7. The molecule has 0 aliphatic heterocycles. The van der Waals surface area contributed by atoms with E-state index in [4.69, 9.17) is 5.73 Å². The minimum atomic E-state index is 0.379. The fourth-order valence-corrected chi connectivity index (χ4v) is 3.20. The lowest BCUT2D eigenvalue weighted by Crippen LogP contribution is -2.26. The predicted octanol–water partition coefficient (Wildman–Crippen LogP) is 2.20. The van der Waals surface area contributed by atoms with Gasteiger partial charge in [-0.15, -0.1) is 0 Å². The number of hydrogen-bond acceptors (Lipinski definition) is 3. The Balaban J connectivity index is 1.87. The molecule has 1 aliphatic carbocycles. The van der Waals surface area contributed by atoms with Crippen LogP contribution in [0, 0.1) is 0 Å². The Kier molecular flexibility index (Phi) is 2.35. The summed E-state index contributed by atoms with van der Waals surface area (Å²) in [4.78, 5) is 12.0. The molecule has 0 saturated heterocycles. The van der Waals surface area contributed by atoms with E-state index in [1.807, 2.05) is 18.6 Å². The highest BCUT2D eigenvalue weighted by Crippen LogP contribution is 2.33. The average molecular weight is 255 g/mol. The summed E-state index contributed by atoms with van der Waals surface area (Å²) in [5.41, 5.74) is 10.3. The molecule has 1 aliphatic rings. The van der Waals surface area contributed by atoms with Crippen molar-refractivity contribution >= 4 is 16.8 Å². The van der Waals surface area contributed by atoms with Crippen molar-refractivity contribution in [3.63, 3.8) is 0 Å². The predicted molar refractivity (Wildman–Crippen MR) is 74.0 cm³/mol. The first kappa shape index (κ1) is 11.0. The van der Waals surface area contributed by atoms with Gasteiger partial charge < -0.3 is 10.7 Å². The van der Waals surface area contributed by atoms with E-state index in [1.165, 1.54) is 5.69 Å². The van der Waals surface area contributed by atoms with Gasteiger partial charge in [-0.1, -0.05) is 0 Å². The van der Waals surface area contributed by atoms with Crippen molar-refractivity contribution in [1.82, 2.24) is 19.4 Å². The highest BCUT2D eigenvalue weighted by Gasteiger charge is 2.23. The summed E-state index contributed by atoms with van der Waals surface area (Å²) in [6.45, 7) is 0. The van der Waals surface area contributed by atoms with Crippen LogP contribution < -0.4 is 5.73 Å². The molecule has 4 rings (SSSR count). The lowest BCUT2D eigenvalue weighted by atomic mass is 9.84. The average Bonchev–Trinajstić information content (AvgIpc) is 3.04. The fourth-order valence-electron chi connectivity index (χ4n) is 3.20. The van der Waals surface area contributed by atoms with Crippen molar-refractivity contribution in [1.29, 1.82) is 0 Å². The van der Waals surface area contributed by atoms with E-state index in [2.05, 4.69) is 25.4 Å². The molecule has 5 nitrogen and oxygen atoms in total. The molecule has 0 atom stereocenters. The minimum absolute atomic E-state index is 0.379. The molecule has 0 unspecified atom stereocenters. The summed E-state index contributed by atoms with van der Waals surface area (Å²) in [5.74, 6) is 0.565. The first-order valence-corrected chi connectivity index (χ1v) is 6.88. The highest BCUT2D eigenvalue weighted by molar-refractivity contribution is 5.74. The normalized spacial score (nSPS) is 24.3. The number of rotatable bonds is 1. The third-order valence-corrected chi connectivity index (χ3v) is 4.26. The monoisotopic (exact) mass is 255 g/mol. The van der Waals surface area contributed by atoms with Crippen LogP contribution in [-0.4, -0.2) is 25.4 Å². The Morgan fingerprint density at radius 3 is 2.84 bits per heavy atom. The number of imidazole rings is 1. The number of aromatic nitrogens is 4. The van der Waals surface area contributed by atoms with Gasteiger partial charge in [-0.2, -0.15) is 0 Å². The van der Waals surface area contributed by atoms with Crippen molar-refractivity contribution in [3.8, 4) is 0 Å². The largest absolute Gasteiger partial charge is 0.345 e. The SMILES string of the molecule is N[C@H]1CC[C@H](c2cnc3cnc4[nH]ccc4n32)CC1. The molecule has 5 heteroatoms. The van der Waals surface area contributed by atoms with Crippen molar-refractivity contribution < 1.29 is 0 Å². The Hall–Kier alpha value is -1.88. The second kappa shape index (κ2) is 4.06. The number of H-pyrrole nitrogens is 1. The van der Waals surface area contributed by atoms with Crippen molar-refractivity contribution in [2.24, 2.45) is 5.73 Å². The zero-order valence-corrected chi connectivity index (χ0v) is 10.7. The Morgan fingerprint density at radius 1 is 1.16 bits per heavy atom. The number of nitrogens with two attached hydrogens (primary N) is 1. The van der Waals surface area contributed by atoms with Gasteiger partial charge in [-0.25, -0.2) is 9.97 Å². The molecule has 0 amide bonds. The highest BCUT2D eigenvalue weighted by atomic mass is 15.1. The lowest BCUT2D eigenvalue weighted by Gasteiger charge is -2.25. The quantitative estimate of drug-likeness (QED) is 0.700. The Morgan fingerprint density at radius 2 is 2.00 bits per heavy atom. The molecule has 3 aromatic rings. The second-order valence-electron chi connectivity index (χ2n) is 5.46. The van der Waals surface area contributed by atoms with Gasteiger partial charge in [-0.3, -0.25) is 4.40 Å². The van der Waals surface area contributed by atoms with Crippen LogP contribution in [0.5, 0.6) is 0 Å². The van der Waals surface area contributed by atoms with Crippen LogP contribution in [0.25, 0.3) is 16.8 Å². The summed E-state index contributed by atoms with van der Waals surface area (Å²) >= 11 is 0. The number of nitrogens with zero attached hydrogens (tertiary/aromatic N) is 3. The summed E-state index contributed by atoms with van der Waals surface area (Å²) in [6, 6.07) is 2.44. The molecule has 1 saturated carbocycles. The van der Waals surface area contributed by atoms with Gasteiger partial charge in [0.25, 0.3) is 0 Å². The smallest absolute Gasteiger partial charge is 0.156 e. The van der Waals surface area contributed by atoms with Crippen LogP contribution in [0.3, 0.4) is 0 Å². The van der Waals surface area contributed by atoms with Gasteiger partial charge in [0.2, 0.25) is 0 Å². The van der Waals surface area contributed by atoms with Crippen LogP contribution in [0.4, 0.5) is 0 Å². The minimum Gasteiger partial charge on any atom is -0.345 e. The molecule has 0 aromatic carbocycles. The van der Waals surface area contributed by atoms with E-state index in [0.29, 0.717) is 12.0 Å². The molecule has 0 spiro atoms. The first-order valence-electron chi connectivity index (χ1n) is 6.88. The molecule has 3 heterocycles. The molecule has 1 fully saturated rings. The van der Waals surface area contributed by atoms with Crippen LogP contribution in [0.2, 0.25) is 0 Å². The van der Waals surface area contributed by atoms with Crippen molar-refractivity contribution in [2.45, 2.75) is 37.6 Å². The van der Waals surface area contributed by atoms with Crippen LogP contribution in [0.15, 0.2) is 24.7 Å². The maximum Gasteiger partial charge on any atom is 0.156 e. The van der Waals surface area contributed by atoms with Crippen LogP contribution in [0.1, 0.15) is 37.3 Å². The number of nitrogens with one attached hydrogen (secondary N) is 1. The molecule has 0 radical (unpaired) electrons. The second-order valence-corrected chi connectivity index (χ2v) is 5.46. The lowest BCUT2D eigenvalue weighted by molar-refractivity contribution is 0.390. The molecule has 98 valence electrons. The van der Waals surface area contributed by atoms with Crippen molar-refractivity contribution in [2.75, 3.05) is 0 Å². The Bertz CT molecular complexity index is 718. The third-order valence-electron chi connectivity index (χ3n) is 4.26. The summed E-state index contributed by atoms with van der Waals surface area (Å²) in [5, 5.41) is 0. The number of fused-ring (bicyclic) bond motifs is 3. The maximum absolute atomic E-state index is 6.00. The van der Waals surface area contributed by atoms with Gasteiger partial charge >= 0.3 is 0 Å². The zero-order chi connectivity index (χ0) is 12.8. The van der Waals surface area contributed by atoms with Crippen LogP contribution in [-0.2, 0) is 0 Å². The number of hydrogen-bond donors (Lipinski definition) is 2. The van der Waals surface area contributed by atoms with Crippen LogP contribution >= 0.6 is 0 Å². The van der Waals surface area contributed by atoms with E-state index in [0.717, 1.165) is 42.5 Å². The molecule has 0 bridgehead atoms. The van der Waals surface area contributed by atoms with Gasteiger partial charge in [0, 0.05) is 30.0 Å². The van der Waals surface area contributed by atoms with Crippen molar-refractivity contribution in [3.05, 3.63) is 30.4 Å². The van der Waals surface area contributed by atoms with E-state index in [1.54, 1.807) is 0 Å². The Labute approximate surface area is 110 Å².